The van der Waals surface area contributed by atoms with Crippen molar-refractivity contribution in [2.75, 3.05) is 0 Å². The molecule has 0 saturated heterocycles. The van der Waals surface area contributed by atoms with Gasteiger partial charge in [0.1, 0.15) is 5.52 Å². The van der Waals surface area contributed by atoms with Gasteiger partial charge in [-0.15, -0.1) is 0 Å². The van der Waals surface area contributed by atoms with Crippen LogP contribution in [0.1, 0.15) is 22.3 Å². The fraction of sp³-hybridized carbons (Fsp3) is 0.143. The summed E-state index contributed by atoms with van der Waals surface area (Å²) in [6.45, 7) is 8.13. The van der Waals surface area contributed by atoms with Crippen LogP contribution >= 0.6 is 0 Å². The minimum absolute atomic E-state index is 0.310. The quantitative estimate of drug-likeness (QED) is 0.401. The lowest BCUT2D eigenvalue weighted by molar-refractivity contribution is 0.712. The second-order valence-electron chi connectivity index (χ2n) is 8.57. The SMILES string of the molecule is C=Cc1ccc(Cn2c(=O)n(-c3cccc(C)c3)c(=O)c3c2c2cc(C)ccc2n3C)cc1. The van der Waals surface area contributed by atoms with E-state index in [-0.39, 0.29) is 11.2 Å². The first kappa shape index (κ1) is 20.8. The third kappa shape index (κ3) is 3.33. The van der Waals surface area contributed by atoms with E-state index in [0.29, 0.717) is 23.3 Å². The molecule has 164 valence electrons. The van der Waals surface area contributed by atoms with Gasteiger partial charge in [-0.1, -0.05) is 60.7 Å². The van der Waals surface area contributed by atoms with Gasteiger partial charge in [0.25, 0.3) is 5.56 Å². The zero-order valence-electron chi connectivity index (χ0n) is 19.0. The molecule has 5 nitrogen and oxygen atoms in total. The van der Waals surface area contributed by atoms with Gasteiger partial charge in [0.2, 0.25) is 0 Å². The largest absolute Gasteiger partial charge is 0.338 e. The van der Waals surface area contributed by atoms with E-state index in [0.717, 1.165) is 33.2 Å². The maximum absolute atomic E-state index is 13.9. The van der Waals surface area contributed by atoms with Gasteiger partial charge in [-0.2, -0.15) is 0 Å². The van der Waals surface area contributed by atoms with Crippen LogP contribution < -0.4 is 11.2 Å². The Balaban J connectivity index is 1.91. The highest BCUT2D eigenvalue weighted by molar-refractivity contribution is 6.06. The highest BCUT2D eigenvalue weighted by Gasteiger charge is 2.21. The van der Waals surface area contributed by atoms with Crippen molar-refractivity contribution in [3.63, 3.8) is 0 Å². The number of fused-ring (bicyclic) bond motifs is 3. The molecule has 33 heavy (non-hydrogen) atoms. The standard InChI is InChI=1S/C28H25N3O2/c1-5-20-10-12-21(13-11-20)17-30-25-23-16-19(3)9-14-24(23)29(4)26(25)27(32)31(28(30)33)22-8-6-7-18(2)15-22/h5-16H,1,17H2,2-4H3. The van der Waals surface area contributed by atoms with Crippen molar-refractivity contribution >= 4 is 28.0 Å². The molecule has 0 aliphatic carbocycles. The molecule has 0 amide bonds. The monoisotopic (exact) mass is 435 g/mol. The molecule has 0 aliphatic rings. The van der Waals surface area contributed by atoms with Crippen LogP contribution in [0.25, 0.3) is 33.7 Å². The maximum Gasteiger partial charge on any atom is 0.336 e. The highest BCUT2D eigenvalue weighted by atomic mass is 16.2. The van der Waals surface area contributed by atoms with E-state index >= 15 is 0 Å². The Morgan fingerprint density at radius 2 is 1.61 bits per heavy atom. The normalized spacial score (nSPS) is 11.4. The maximum atomic E-state index is 13.9. The van der Waals surface area contributed by atoms with E-state index in [1.807, 2.05) is 86.1 Å². The van der Waals surface area contributed by atoms with Gasteiger partial charge in [-0.25, -0.2) is 9.36 Å². The molecule has 2 aromatic heterocycles. The van der Waals surface area contributed by atoms with Gasteiger partial charge in [0.05, 0.1) is 23.3 Å². The van der Waals surface area contributed by atoms with Crippen LogP contribution in [-0.4, -0.2) is 13.7 Å². The molecule has 3 aromatic carbocycles. The molecule has 0 bridgehead atoms. The first-order valence-electron chi connectivity index (χ1n) is 10.9. The van der Waals surface area contributed by atoms with Crippen LogP contribution in [0.4, 0.5) is 0 Å². The van der Waals surface area contributed by atoms with Gasteiger partial charge < -0.3 is 4.57 Å². The molecule has 0 radical (unpaired) electrons. The molecule has 0 fully saturated rings. The molecule has 2 heterocycles. The Morgan fingerprint density at radius 1 is 0.879 bits per heavy atom. The van der Waals surface area contributed by atoms with E-state index < -0.39 is 0 Å². The second kappa shape index (κ2) is 7.78. The van der Waals surface area contributed by atoms with Gasteiger partial charge in [-0.3, -0.25) is 9.36 Å². The molecule has 0 spiro atoms. The number of benzene rings is 3. The smallest absolute Gasteiger partial charge is 0.336 e. The summed E-state index contributed by atoms with van der Waals surface area (Å²) in [5, 5.41) is 0.904. The Bertz CT molecular complexity index is 1660. The third-order valence-corrected chi connectivity index (χ3v) is 6.24. The van der Waals surface area contributed by atoms with Gasteiger partial charge in [0.15, 0.2) is 0 Å². The Labute approximate surface area is 191 Å². The predicted octanol–water partition coefficient (Wildman–Crippen LogP) is 4.95. The number of aryl methyl sites for hydroxylation is 3. The number of hydrogen-bond donors (Lipinski definition) is 0. The van der Waals surface area contributed by atoms with E-state index in [1.165, 1.54) is 4.57 Å². The molecule has 0 aliphatic heterocycles. The van der Waals surface area contributed by atoms with Crippen molar-refractivity contribution in [2.24, 2.45) is 7.05 Å². The van der Waals surface area contributed by atoms with Gasteiger partial charge in [0, 0.05) is 12.4 Å². The lowest BCUT2D eigenvalue weighted by Gasteiger charge is -2.14. The van der Waals surface area contributed by atoms with Crippen LogP contribution in [0.3, 0.4) is 0 Å². The average molecular weight is 436 g/mol. The lowest BCUT2D eigenvalue weighted by Crippen LogP contribution is -2.39. The minimum atomic E-state index is -0.347. The first-order valence-corrected chi connectivity index (χ1v) is 10.9. The van der Waals surface area contributed by atoms with Crippen LogP contribution in [0.2, 0.25) is 0 Å². The second-order valence-corrected chi connectivity index (χ2v) is 8.57. The van der Waals surface area contributed by atoms with Crippen molar-refractivity contribution in [1.29, 1.82) is 0 Å². The summed E-state index contributed by atoms with van der Waals surface area (Å²) in [5.74, 6) is 0. The Hall–Kier alpha value is -4.12. The van der Waals surface area contributed by atoms with Crippen molar-refractivity contribution < 1.29 is 0 Å². The minimum Gasteiger partial charge on any atom is -0.338 e. The molecule has 5 rings (SSSR count). The van der Waals surface area contributed by atoms with Crippen molar-refractivity contribution in [3.05, 3.63) is 116 Å². The van der Waals surface area contributed by atoms with Crippen molar-refractivity contribution in [1.82, 2.24) is 13.7 Å². The summed E-state index contributed by atoms with van der Waals surface area (Å²) in [6.07, 6.45) is 1.79. The van der Waals surface area contributed by atoms with E-state index in [4.69, 9.17) is 0 Å². The highest BCUT2D eigenvalue weighted by Crippen LogP contribution is 2.27. The summed E-state index contributed by atoms with van der Waals surface area (Å²) < 4.78 is 4.92. The predicted molar refractivity (Wildman–Crippen MR) is 135 cm³/mol. The molecule has 0 unspecified atom stereocenters. The van der Waals surface area contributed by atoms with Gasteiger partial charge >= 0.3 is 5.69 Å². The molecule has 5 heteroatoms. The molecule has 0 atom stereocenters. The molecule has 0 N–H and O–H groups in total. The number of rotatable bonds is 4. The molecule has 5 aromatic rings. The fourth-order valence-corrected chi connectivity index (χ4v) is 4.55. The topological polar surface area (TPSA) is 48.9 Å². The Kier molecular flexibility index (Phi) is 4.90. The molecular weight excluding hydrogens is 410 g/mol. The summed E-state index contributed by atoms with van der Waals surface area (Å²) in [6, 6.07) is 21.5. The summed E-state index contributed by atoms with van der Waals surface area (Å²) in [7, 11) is 1.88. The van der Waals surface area contributed by atoms with E-state index in [1.54, 1.807) is 16.7 Å². The number of hydrogen-bond acceptors (Lipinski definition) is 2. The summed E-state index contributed by atoms with van der Waals surface area (Å²) in [4.78, 5) is 27.6. The van der Waals surface area contributed by atoms with Crippen LogP contribution in [0.5, 0.6) is 0 Å². The average Bonchev–Trinajstić information content (AvgIpc) is 3.09. The van der Waals surface area contributed by atoms with Crippen LogP contribution in [0, 0.1) is 13.8 Å². The first-order chi connectivity index (χ1) is 15.9. The summed E-state index contributed by atoms with van der Waals surface area (Å²) >= 11 is 0. The Morgan fingerprint density at radius 3 is 2.30 bits per heavy atom. The van der Waals surface area contributed by atoms with Crippen LogP contribution in [0.15, 0.2) is 82.9 Å². The zero-order valence-corrected chi connectivity index (χ0v) is 19.0. The number of aromatic nitrogens is 3. The van der Waals surface area contributed by atoms with Crippen molar-refractivity contribution in [2.45, 2.75) is 20.4 Å². The van der Waals surface area contributed by atoms with Gasteiger partial charge in [-0.05, 0) is 54.8 Å². The molecular formula is C28H25N3O2. The van der Waals surface area contributed by atoms with E-state index in [2.05, 4.69) is 6.58 Å². The summed E-state index contributed by atoms with van der Waals surface area (Å²) in [5.41, 5.74) is 6.07. The van der Waals surface area contributed by atoms with Crippen LogP contribution in [-0.2, 0) is 13.6 Å². The lowest BCUT2D eigenvalue weighted by atomic mass is 10.1. The third-order valence-electron chi connectivity index (χ3n) is 6.24. The number of nitrogens with zero attached hydrogens (tertiary/aromatic N) is 3. The van der Waals surface area contributed by atoms with E-state index in [9.17, 15) is 9.59 Å². The molecule has 0 saturated carbocycles. The van der Waals surface area contributed by atoms with Crippen molar-refractivity contribution in [3.8, 4) is 5.69 Å². The zero-order chi connectivity index (χ0) is 23.3. The fourth-order valence-electron chi connectivity index (χ4n) is 4.55.